The van der Waals surface area contributed by atoms with Gasteiger partial charge in [-0.2, -0.15) is 0 Å². The van der Waals surface area contributed by atoms with E-state index in [1.54, 1.807) is 6.08 Å². The molecule has 0 spiro atoms. The van der Waals surface area contributed by atoms with E-state index in [1.807, 2.05) is 0 Å². The molecule has 2 heteroatoms. The second-order valence-electron chi connectivity index (χ2n) is 2.44. The van der Waals surface area contributed by atoms with Crippen molar-refractivity contribution in [3.05, 3.63) is 18.4 Å². The van der Waals surface area contributed by atoms with E-state index >= 15 is 0 Å². The summed E-state index contributed by atoms with van der Waals surface area (Å²) in [5, 5.41) is 2.82. The van der Waals surface area contributed by atoms with Crippen LogP contribution in [0.15, 0.2) is 18.4 Å². The van der Waals surface area contributed by atoms with Gasteiger partial charge in [-0.3, -0.25) is 4.79 Å². The van der Waals surface area contributed by atoms with Crippen LogP contribution >= 0.6 is 0 Å². The second kappa shape index (κ2) is 3.23. The Morgan fingerprint density at radius 3 is 3.20 bits per heavy atom. The highest BCUT2D eigenvalue weighted by Crippen LogP contribution is 2.07. The average molecular weight is 137 g/mol. The van der Waals surface area contributed by atoms with Crippen molar-refractivity contribution in [2.24, 2.45) is 0 Å². The average Bonchev–Trinajstić information content (AvgIpc) is 1.88. The Morgan fingerprint density at radius 2 is 2.60 bits per heavy atom. The van der Waals surface area contributed by atoms with Crippen LogP contribution < -0.4 is 5.32 Å². The molecule has 1 rings (SSSR count). The Kier molecular flexibility index (Phi) is 2.30. The lowest BCUT2D eigenvalue weighted by Crippen LogP contribution is -2.36. The number of piperidine rings is 1. The van der Waals surface area contributed by atoms with Crippen LogP contribution in [-0.2, 0) is 4.79 Å². The molecule has 1 heterocycles. The van der Waals surface area contributed by atoms with Gasteiger partial charge in [-0.1, -0.05) is 6.58 Å². The molecule has 0 aromatic carbocycles. The van der Waals surface area contributed by atoms with E-state index in [4.69, 9.17) is 0 Å². The highest BCUT2D eigenvalue weighted by Gasteiger charge is 2.14. The van der Waals surface area contributed by atoms with Crippen molar-refractivity contribution in [1.29, 1.82) is 0 Å². The summed E-state index contributed by atoms with van der Waals surface area (Å²) in [7, 11) is 0. The number of rotatable bonds is 1. The molecule has 1 fully saturated rings. The number of nitrogens with one attached hydrogen (secondary N) is 1. The van der Waals surface area contributed by atoms with Crippen molar-refractivity contribution < 1.29 is 4.79 Å². The summed E-state index contributed by atoms with van der Waals surface area (Å²) in [6.45, 7) is 3.45. The summed E-state index contributed by atoms with van der Waals surface area (Å²) < 4.78 is 0. The van der Waals surface area contributed by atoms with Crippen LogP contribution in [0, 0.1) is 0 Å². The van der Waals surface area contributed by atoms with Gasteiger partial charge >= 0.3 is 0 Å². The first-order valence-corrected chi connectivity index (χ1v) is 3.48. The molecule has 1 amide bonds. The quantitative estimate of drug-likeness (QED) is 0.537. The molecule has 0 aromatic heterocycles. The minimum absolute atomic E-state index is 0.141. The molecule has 1 aliphatic heterocycles. The van der Waals surface area contributed by atoms with Crippen molar-refractivity contribution in [3.8, 4) is 0 Å². The number of hydrogen-bond donors (Lipinski definition) is 1. The molecule has 0 aliphatic carbocycles. The molecule has 1 N–H and O–H groups in total. The number of carbonyl (C=O) groups excluding carboxylic acids is 1. The van der Waals surface area contributed by atoms with Gasteiger partial charge in [-0.05, 0) is 18.9 Å². The molecule has 0 aromatic rings. The fourth-order valence-electron chi connectivity index (χ4n) is 1.10. The van der Waals surface area contributed by atoms with Gasteiger partial charge in [0, 0.05) is 6.42 Å². The summed E-state index contributed by atoms with van der Waals surface area (Å²) >= 11 is 0. The first-order chi connectivity index (χ1) is 4.83. The van der Waals surface area contributed by atoms with Crippen molar-refractivity contribution in [1.82, 2.24) is 5.32 Å². The van der Waals surface area contributed by atoms with E-state index in [0.717, 1.165) is 12.8 Å². The zero-order valence-corrected chi connectivity index (χ0v) is 5.89. The lowest BCUT2D eigenvalue weighted by atomic mass is 10.0. The van der Waals surface area contributed by atoms with Crippen LogP contribution in [0.5, 0.6) is 0 Å². The third-order valence-corrected chi connectivity index (χ3v) is 1.58. The summed E-state index contributed by atoms with van der Waals surface area (Å²) in [6, 6.07) is 0.179. The number of carbonyl (C=O) groups is 1. The van der Waals surface area contributed by atoms with Gasteiger partial charge in [-0.25, -0.2) is 0 Å². The maximum Gasteiger partial charge on any atom is 0.220 e. The number of amides is 1. The molecule has 10 heavy (non-hydrogen) atoms. The Balaban J connectivity index is 2.46. The third kappa shape index (κ3) is 1.74. The van der Waals surface area contributed by atoms with Gasteiger partial charge in [0.05, 0.1) is 6.04 Å². The Hall–Kier alpha value is -1.01. The summed E-state index contributed by atoms with van der Waals surface area (Å²) in [4.78, 5) is 10.8. The van der Waals surface area contributed by atoms with E-state index in [0.29, 0.717) is 6.42 Å². The molecular weight excluding hydrogens is 126 g/mol. The van der Waals surface area contributed by atoms with Crippen LogP contribution in [0.1, 0.15) is 19.3 Å². The highest BCUT2D eigenvalue weighted by molar-refractivity contribution is 5.77. The molecule has 54 valence electrons. The Labute approximate surface area is 60.6 Å². The summed E-state index contributed by atoms with van der Waals surface area (Å²) in [6.07, 6.45) is 4.47. The smallest absolute Gasteiger partial charge is 0.220 e. The van der Waals surface area contributed by atoms with Crippen LogP contribution in [-0.4, -0.2) is 11.9 Å². The molecule has 0 saturated carbocycles. The predicted octanol–water partition coefficient (Wildman–Crippen LogP) is 0.996. The number of hydrogen-bond acceptors (Lipinski definition) is 1. The first-order valence-electron chi connectivity index (χ1n) is 3.48. The molecule has 0 radical (unpaired) electrons. The lowest BCUT2D eigenvalue weighted by Gasteiger charge is -2.18. The van der Waals surface area contributed by atoms with E-state index in [1.165, 1.54) is 0 Å². The maximum absolute atomic E-state index is 10.8. The van der Waals surface area contributed by atoms with E-state index in [-0.39, 0.29) is 11.9 Å². The van der Waals surface area contributed by atoms with Gasteiger partial charge in [0.25, 0.3) is 0 Å². The SMILES string of the molecule is C=C=CC1CCCC(=O)N1. The predicted molar refractivity (Wildman–Crippen MR) is 39.5 cm³/mol. The standard InChI is InChI=1S/C8H11NO/c1-2-4-7-5-3-6-8(10)9-7/h4,7H,1,3,5-6H2,(H,9,10). The molecular formula is C8H11NO. The molecule has 2 nitrogen and oxygen atoms in total. The maximum atomic E-state index is 10.8. The summed E-state index contributed by atoms with van der Waals surface area (Å²) in [5.41, 5.74) is 2.67. The van der Waals surface area contributed by atoms with Gasteiger partial charge in [0.1, 0.15) is 0 Å². The van der Waals surface area contributed by atoms with Crippen LogP contribution in [0.4, 0.5) is 0 Å². The van der Waals surface area contributed by atoms with E-state index in [9.17, 15) is 4.79 Å². The largest absolute Gasteiger partial charge is 0.349 e. The topological polar surface area (TPSA) is 29.1 Å². The first kappa shape index (κ1) is 7.10. The van der Waals surface area contributed by atoms with Crippen LogP contribution in [0.2, 0.25) is 0 Å². The third-order valence-electron chi connectivity index (χ3n) is 1.58. The van der Waals surface area contributed by atoms with Gasteiger partial charge in [-0.15, -0.1) is 5.73 Å². The van der Waals surface area contributed by atoms with E-state index in [2.05, 4.69) is 17.6 Å². The fraction of sp³-hybridized carbons (Fsp3) is 0.500. The molecule has 1 unspecified atom stereocenters. The van der Waals surface area contributed by atoms with Crippen molar-refractivity contribution in [2.45, 2.75) is 25.3 Å². The zero-order valence-electron chi connectivity index (χ0n) is 5.89. The molecule has 0 bridgehead atoms. The monoisotopic (exact) mass is 137 g/mol. The molecule has 1 atom stereocenters. The molecule has 1 saturated heterocycles. The molecule has 1 aliphatic rings. The second-order valence-corrected chi connectivity index (χ2v) is 2.44. The zero-order chi connectivity index (χ0) is 7.40. The minimum Gasteiger partial charge on any atom is -0.349 e. The minimum atomic E-state index is 0.141. The lowest BCUT2D eigenvalue weighted by molar-refractivity contribution is -0.122. The van der Waals surface area contributed by atoms with Crippen molar-refractivity contribution in [2.75, 3.05) is 0 Å². The van der Waals surface area contributed by atoms with E-state index < -0.39 is 0 Å². The fourth-order valence-corrected chi connectivity index (χ4v) is 1.10. The van der Waals surface area contributed by atoms with Gasteiger partial charge < -0.3 is 5.32 Å². The van der Waals surface area contributed by atoms with Gasteiger partial charge in [0.15, 0.2) is 0 Å². The van der Waals surface area contributed by atoms with Crippen molar-refractivity contribution in [3.63, 3.8) is 0 Å². The normalized spacial score (nSPS) is 24.8. The van der Waals surface area contributed by atoms with Crippen LogP contribution in [0.25, 0.3) is 0 Å². The Bertz CT molecular complexity index is 180. The highest BCUT2D eigenvalue weighted by atomic mass is 16.1. The van der Waals surface area contributed by atoms with Crippen LogP contribution in [0.3, 0.4) is 0 Å². The Morgan fingerprint density at radius 1 is 1.80 bits per heavy atom. The van der Waals surface area contributed by atoms with Crippen molar-refractivity contribution >= 4 is 5.91 Å². The summed E-state index contributed by atoms with van der Waals surface area (Å²) in [5.74, 6) is 0.141. The van der Waals surface area contributed by atoms with Gasteiger partial charge in [0.2, 0.25) is 5.91 Å².